The van der Waals surface area contributed by atoms with Gasteiger partial charge in [0, 0.05) is 12.2 Å². The molecule has 100 valence electrons. The van der Waals surface area contributed by atoms with Crippen molar-refractivity contribution in [3.05, 3.63) is 40.7 Å². The number of halogens is 1. The van der Waals surface area contributed by atoms with Gasteiger partial charge in [0.2, 0.25) is 0 Å². The fourth-order valence-corrected chi connectivity index (χ4v) is 1.80. The van der Waals surface area contributed by atoms with Crippen LogP contribution in [0.3, 0.4) is 0 Å². The maximum Gasteiger partial charge on any atom is 0.271 e. The second-order valence-electron chi connectivity index (χ2n) is 4.11. The zero-order valence-electron chi connectivity index (χ0n) is 10.5. The molecule has 0 aromatic carbocycles. The average molecular weight is 280 g/mol. The normalized spacial score (nSPS) is 10.4. The highest BCUT2D eigenvalue weighted by Crippen LogP contribution is 2.05. The number of hydrogen-bond acceptors (Lipinski definition) is 4. The molecule has 0 radical (unpaired) electrons. The van der Waals surface area contributed by atoms with Crippen molar-refractivity contribution in [1.29, 1.82) is 0 Å². The summed E-state index contributed by atoms with van der Waals surface area (Å²) in [7, 11) is 0. The Morgan fingerprint density at radius 2 is 2.26 bits per heavy atom. The molecule has 19 heavy (non-hydrogen) atoms. The third kappa shape index (κ3) is 3.75. The van der Waals surface area contributed by atoms with Gasteiger partial charge in [-0.05, 0) is 25.3 Å². The highest BCUT2D eigenvalue weighted by Gasteiger charge is 2.07. The van der Waals surface area contributed by atoms with Gasteiger partial charge in [-0.15, -0.1) is 0 Å². The van der Waals surface area contributed by atoms with Crippen LogP contribution >= 0.6 is 11.6 Å². The molecule has 0 saturated heterocycles. The molecule has 2 aromatic rings. The molecule has 0 aliphatic rings. The molecule has 2 N–H and O–H groups in total. The fourth-order valence-electron chi connectivity index (χ4n) is 1.65. The molecule has 6 nitrogen and oxygen atoms in total. The zero-order valence-corrected chi connectivity index (χ0v) is 11.2. The summed E-state index contributed by atoms with van der Waals surface area (Å²) in [6.07, 6.45) is 6.28. The summed E-state index contributed by atoms with van der Waals surface area (Å²) in [5.41, 5.74) is 2.45. The van der Waals surface area contributed by atoms with Gasteiger partial charge in [-0.25, -0.2) is 4.98 Å². The number of amides is 1. The van der Waals surface area contributed by atoms with Crippen LogP contribution in [-0.4, -0.2) is 32.6 Å². The van der Waals surface area contributed by atoms with Crippen LogP contribution in [0.4, 0.5) is 0 Å². The Kier molecular flexibility index (Phi) is 4.46. The third-order valence-corrected chi connectivity index (χ3v) is 2.86. The predicted octanol–water partition coefficient (Wildman–Crippen LogP) is 1.52. The van der Waals surface area contributed by atoms with Gasteiger partial charge in [0.1, 0.15) is 10.8 Å². The first-order valence-corrected chi connectivity index (χ1v) is 6.29. The number of hydrogen-bond donors (Lipinski definition) is 2. The summed E-state index contributed by atoms with van der Waals surface area (Å²) < 4.78 is 0. The molecule has 2 heterocycles. The van der Waals surface area contributed by atoms with E-state index in [2.05, 4.69) is 25.5 Å². The summed E-state index contributed by atoms with van der Waals surface area (Å²) in [5, 5.41) is 9.81. The van der Waals surface area contributed by atoms with Crippen LogP contribution in [0, 0.1) is 6.92 Å². The largest absolute Gasteiger partial charge is 0.351 e. The number of rotatable bonds is 5. The minimum Gasteiger partial charge on any atom is -0.351 e. The first kappa shape index (κ1) is 13.5. The topological polar surface area (TPSA) is 83.6 Å². The molecule has 2 aromatic heterocycles. The van der Waals surface area contributed by atoms with Crippen LogP contribution in [0.5, 0.6) is 0 Å². The highest BCUT2D eigenvalue weighted by atomic mass is 35.5. The molecular weight excluding hydrogens is 266 g/mol. The smallest absolute Gasteiger partial charge is 0.271 e. The van der Waals surface area contributed by atoms with Gasteiger partial charge in [-0.2, -0.15) is 5.10 Å². The first-order chi connectivity index (χ1) is 9.16. The van der Waals surface area contributed by atoms with Crippen molar-refractivity contribution in [2.45, 2.75) is 19.8 Å². The fraction of sp³-hybridized carbons (Fsp3) is 0.333. The minimum atomic E-state index is -0.265. The van der Waals surface area contributed by atoms with Crippen molar-refractivity contribution < 1.29 is 4.79 Å². The molecule has 0 spiro atoms. The molecule has 1 amide bonds. The van der Waals surface area contributed by atoms with E-state index in [1.54, 1.807) is 6.20 Å². The number of carbonyl (C=O) groups excluding carboxylic acids is 1. The summed E-state index contributed by atoms with van der Waals surface area (Å²) in [6, 6.07) is 0. The Hall–Kier alpha value is -1.95. The van der Waals surface area contributed by atoms with Gasteiger partial charge in [0.25, 0.3) is 5.91 Å². The van der Waals surface area contributed by atoms with Crippen molar-refractivity contribution in [3.63, 3.8) is 0 Å². The van der Waals surface area contributed by atoms with Crippen LogP contribution in [0.15, 0.2) is 18.6 Å². The molecule has 0 fully saturated rings. The first-order valence-electron chi connectivity index (χ1n) is 5.91. The highest BCUT2D eigenvalue weighted by molar-refractivity contribution is 6.29. The van der Waals surface area contributed by atoms with E-state index in [4.69, 9.17) is 11.6 Å². The Balaban J connectivity index is 1.77. The molecule has 0 aliphatic carbocycles. The standard InChI is InChI=1S/C12H14ClN5O/c1-8-9(5-16-18-8)3-2-4-15-12(19)10-6-14-7-11(13)17-10/h5-7H,2-4H2,1H3,(H,15,19)(H,16,18). The maximum absolute atomic E-state index is 11.7. The summed E-state index contributed by atoms with van der Waals surface area (Å²) in [5.74, 6) is -0.265. The second kappa shape index (κ2) is 6.29. The second-order valence-corrected chi connectivity index (χ2v) is 4.49. The van der Waals surface area contributed by atoms with Crippen LogP contribution < -0.4 is 5.32 Å². The lowest BCUT2D eigenvalue weighted by molar-refractivity contribution is 0.0948. The van der Waals surface area contributed by atoms with Gasteiger partial charge in [0.05, 0.1) is 18.6 Å². The number of aryl methyl sites for hydroxylation is 2. The number of nitrogens with zero attached hydrogens (tertiary/aromatic N) is 3. The van der Waals surface area contributed by atoms with E-state index in [0.717, 1.165) is 24.1 Å². The monoisotopic (exact) mass is 279 g/mol. The minimum absolute atomic E-state index is 0.210. The van der Waals surface area contributed by atoms with E-state index in [1.165, 1.54) is 12.4 Å². The quantitative estimate of drug-likeness (QED) is 0.813. The summed E-state index contributed by atoms with van der Waals surface area (Å²) in [4.78, 5) is 19.4. The van der Waals surface area contributed by atoms with Crippen LogP contribution in [0.1, 0.15) is 28.2 Å². The average Bonchev–Trinajstić information content (AvgIpc) is 2.80. The van der Waals surface area contributed by atoms with E-state index in [-0.39, 0.29) is 16.8 Å². The van der Waals surface area contributed by atoms with Crippen molar-refractivity contribution >= 4 is 17.5 Å². The van der Waals surface area contributed by atoms with Crippen molar-refractivity contribution in [2.75, 3.05) is 6.54 Å². The van der Waals surface area contributed by atoms with Gasteiger partial charge < -0.3 is 5.32 Å². The van der Waals surface area contributed by atoms with Crippen LogP contribution in [-0.2, 0) is 6.42 Å². The number of aromatic nitrogens is 4. The molecule has 0 atom stereocenters. The van der Waals surface area contributed by atoms with Gasteiger partial charge >= 0.3 is 0 Å². The lowest BCUT2D eigenvalue weighted by atomic mass is 10.1. The molecular formula is C12H14ClN5O. The number of nitrogens with one attached hydrogen (secondary N) is 2. The van der Waals surface area contributed by atoms with E-state index in [1.807, 2.05) is 6.92 Å². The third-order valence-electron chi connectivity index (χ3n) is 2.68. The van der Waals surface area contributed by atoms with E-state index < -0.39 is 0 Å². The molecule has 0 saturated carbocycles. The zero-order chi connectivity index (χ0) is 13.7. The van der Waals surface area contributed by atoms with Crippen molar-refractivity contribution in [2.24, 2.45) is 0 Å². The van der Waals surface area contributed by atoms with E-state index in [9.17, 15) is 4.79 Å². The van der Waals surface area contributed by atoms with Crippen LogP contribution in [0.25, 0.3) is 0 Å². The molecule has 0 aliphatic heterocycles. The van der Waals surface area contributed by atoms with Crippen molar-refractivity contribution in [1.82, 2.24) is 25.5 Å². The number of aromatic amines is 1. The predicted molar refractivity (Wildman–Crippen MR) is 71.0 cm³/mol. The SMILES string of the molecule is Cc1[nH]ncc1CCCNC(=O)c1cncc(Cl)n1. The summed E-state index contributed by atoms with van der Waals surface area (Å²) >= 11 is 5.67. The van der Waals surface area contributed by atoms with Crippen LogP contribution in [0.2, 0.25) is 5.15 Å². The van der Waals surface area contributed by atoms with Gasteiger partial charge in [0.15, 0.2) is 0 Å². The van der Waals surface area contributed by atoms with E-state index in [0.29, 0.717) is 6.54 Å². The molecule has 2 rings (SSSR count). The Labute approximate surface area is 115 Å². The van der Waals surface area contributed by atoms with E-state index >= 15 is 0 Å². The lowest BCUT2D eigenvalue weighted by Gasteiger charge is -2.04. The Morgan fingerprint density at radius 3 is 2.95 bits per heavy atom. The van der Waals surface area contributed by atoms with Crippen molar-refractivity contribution in [3.8, 4) is 0 Å². The van der Waals surface area contributed by atoms with Gasteiger partial charge in [-0.1, -0.05) is 11.6 Å². The molecule has 7 heteroatoms. The molecule has 0 bridgehead atoms. The Bertz CT molecular complexity index is 569. The number of carbonyl (C=O) groups is 1. The summed E-state index contributed by atoms with van der Waals surface area (Å²) in [6.45, 7) is 2.54. The maximum atomic E-state index is 11.7. The van der Waals surface area contributed by atoms with Gasteiger partial charge in [-0.3, -0.25) is 14.9 Å². The Morgan fingerprint density at radius 1 is 1.42 bits per heavy atom. The molecule has 0 unspecified atom stereocenters. The lowest BCUT2D eigenvalue weighted by Crippen LogP contribution is -2.25. The number of H-pyrrole nitrogens is 1.